The second kappa shape index (κ2) is 6.41. The van der Waals surface area contributed by atoms with Crippen LogP contribution in [0.15, 0.2) is 59.5 Å². The third-order valence-corrected chi connectivity index (χ3v) is 6.04. The van der Waals surface area contributed by atoms with Crippen molar-refractivity contribution >= 4 is 9.84 Å². The fraction of sp³-hybridized carbons (Fsp3) is 0.294. The van der Waals surface area contributed by atoms with Crippen LogP contribution in [-0.2, 0) is 9.84 Å². The zero-order valence-corrected chi connectivity index (χ0v) is 13.2. The molecule has 0 saturated heterocycles. The van der Waals surface area contributed by atoms with Crippen molar-refractivity contribution in [3.05, 3.63) is 65.7 Å². The maximum atomic E-state index is 12.9. The highest BCUT2D eigenvalue weighted by Gasteiger charge is 2.32. The van der Waals surface area contributed by atoms with Gasteiger partial charge in [0.2, 0.25) is 0 Å². The van der Waals surface area contributed by atoms with Gasteiger partial charge in [-0.25, -0.2) is 8.42 Å². The molecule has 112 valence electrons. The third-order valence-electron chi connectivity index (χ3n) is 3.70. The molecule has 2 N–H and O–H groups in total. The first kappa shape index (κ1) is 15.7. The van der Waals surface area contributed by atoms with Gasteiger partial charge in [-0.15, -0.1) is 0 Å². The van der Waals surface area contributed by atoms with E-state index in [1.165, 1.54) is 0 Å². The Hall–Kier alpha value is -1.65. The molecular formula is C17H21NO2S. The van der Waals surface area contributed by atoms with Crippen LogP contribution in [0.1, 0.15) is 30.5 Å². The van der Waals surface area contributed by atoms with Crippen LogP contribution in [0.5, 0.6) is 0 Å². The van der Waals surface area contributed by atoms with E-state index in [0.717, 1.165) is 11.1 Å². The zero-order valence-electron chi connectivity index (χ0n) is 12.4. The van der Waals surface area contributed by atoms with Crippen LogP contribution >= 0.6 is 0 Å². The molecule has 2 aromatic carbocycles. The van der Waals surface area contributed by atoms with Gasteiger partial charge in [-0.1, -0.05) is 49.4 Å². The highest BCUT2D eigenvalue weighted by molar-refractivity contribution is 7.92. The van der Waals surface area contributed by atoms with E-state index in [1.54, 1.807) is 18.2 Å². The van der Waals surface area contributed by atoms with E-state index in [-0.39, 0.29) is 0 Å². The topological polar surface area (TPSA) is 60.2 Å². The van der Waals surface area contributed by atoms with Crippen molar-refractivity contribution in [2.45, 2.75) is 36.5 Å². The molecular weight excluding hydrogens is 282 g/mol. The molecule has 0 aromatic heterocycles. The van der Waals surface area contributed by atoms with Gasteiger partial charge < -0.3 is 5.73 Å². The van der Waals surface area contributed by atoms with Crippen molar-refractivity contribution in [3.63, 3.8) is 0 Å². The summed E-state index contributed by atoms with van der Waals surface area (Å²) >= 11 is 0. The number of sulfone groups is 1. The number of benzene rings is 2. The second-order valence-corrected chi connectivity index (χ2v) is 7.41. The lowest BCUT2D eigenvalue weighted by molar-refractivity contribution is 0.547. The Morgan fingerprint density at radius 3 is 2.29 bits per heavy atom. The minimum absolute atomic E-state index is 0.348. The molecule has 0 bridgehead atoms. The maximum Gasteiger partial charge on any atom is 0.183 e. The van der Waals surface area contributed by atoms with Crippen LogP contribution in [-0.4, -0.2) is 13.7 Å². The van der Waals surface area contributed by atoms with Crippen LogP contribution in [0.25, 0.3) is 0 Å². The monoisotopic (exact) mass is 303 g/mol. The summed E-state index contributed by atoms with van der Waals surface area (Å²) in [6.07, 6.45) is 0.479. The van der Waals surface area contributed by atoms with E-state index in [1.807, 2.05) is 50.2 Å². The number of hydrogen-bond acceptors (Lipinski definition) is 3. The van der Waals surface area contributed by atoms with Gasteiger partial charge in [0.1, 0.15) is 0 Å². The van der Waals surface area contributed by atoms with Crippen molar-refractivity contribution in [1.29, 1.82) is 0 Å². The molecule has 0 spiro atoms. The average Bonchev–Trinajstić information content (AvgIpc) is 2.48. The molecule has 0 aliphatic rings. The zero-order chi connectivity index (χ0) is 15.5. The Balaban J connectivity index is 2.41. The molecule has 2 rings (SSSR count). The van der Waals surface area contributed by atoms with Crippen LogP contribution in [0.3, 0.4) is 0 Å². The maximum absolute atomic E-state index is 12.9. The fourth-order valence-electron chi connectivity index (χ4n) is 2.52. The van der Waals surface area contributed by atoms with E-state index in [9.17, 15) is 8.42 Å². The van der Waals surface area contributed by atoms with Gasteiger partial charge in [-0.2, -0.15) is 0 Å². The first-order valence-electron chi connectivity index (χ1n) is 7.08. The molecule has 0 aliphatic carbocycles. The molecule has 21 heavy (non-hydrogen) atoms. The Morgan fingerprint density at radius 2 is 1.71 bits per heavy atom. The molecule has 2 aromatic rings. The van der Waals surface area contributed by atoms with E-state index in [2.05, 4.69) is 0 Å². The highest BCUT2D eigenvalue weighted by atomic mass is 32.2. The van der Waals surface area contributed by atoms with Crippen molar-refractivity contribution in [2.24, 2.45) is 5.73 Å². The summed E-state index contributed by atoms with van der Waals surface area (Å²) in [6.45, 7) is 3.75. The SMILES string of the molecule is CCC(C(N)c1ccccc1)S(=O)(=O)c1cccc(C)c1. The predicted molar refractivity (Wildman–Crippen MR) is 85.8 cm³/mol. The quantitative estimate of drug-likeness (QED) is 0.922. The smallest absolute Gasteiger partial charge is 0.183 e. The third kappa shape index (κ3) is 3.34. The Kier molecular flexibility index (Phi) is 4.80. The van der Waals surface area contributed by atoms with Gasteiger partial charge in [-0.05, 0) is 36.6 Å². The summed E-state index contributed by atoms with van der Waals surface area (Å²) in [5, 5.41) is -0.623. The normalized spacial score (nSPS) is 14.6. The molecule has 0 amide bonds. The van der Waals surface area contributed by atoms with Crippen LogP contribution in [0.2, 0.25) is 0 Å². The van der Waals surface area contributed by atoms with Gasteiger partial charge in [0, 0.05) is 6.04 Å². The molecule has 0 heterocycles. The molecule has 4 heteroatoms. The van der Waals surface area contributed by atoms with Crippen molar-refractivity contribution in [1.82, 2.24) is 0 Å². The summed E-state index contributed by atoms with van der Waals surface area (Å²) in [6, 6.07) is 15.9. The van der Waals surface area contributed by atoms with Gasteiger partial charge in [0.25, 0.3) is 0 Å². The number of hydrogen-bond donors (Lipinski definition) is 1. The van der Waals surface area contributed by atoms with Crippen LogP contribution in [0, 0.1) is 6.92 Å². The Morgan fingerprint density at radius 1 is 1.05 bits per heavy atom. The van der Waals surface area contributed by atoms with Crippen LogP contribution < -0.4 is 5.73 Å². The van der Waals surface area contributed by atoms with E-state index >= 15 is 0 Å². The summed E-state index contributed by atoms with van der Waals surface area (Å²) < 4.78 is 25.7. The fourth-order valence-corrected chi connectivity index (χ4v) is 4.47. The second-order valence-electron chi connectivity index (χ2n) is 5.24. The molecule has 2 atom stereocenters. The minimum atomic E-state index is -3.45. The molecule has 0 radical (unpaired) electrons. The summed E-state index contributed by atoms with van der Waals surface area (Å²) in [7, 11) is -3.45. The van der Waals surface area contributed by atoms with Crippen LogP contribution in [0.4, 0.5) is 0 Å². The number of aryl methyl sites for hydroxylation is 1. The molecule has 3 nitrogen and oxygen atoms in total. The summed E-state index contributed by atoms with van der Waals surface area (Å²) in [4.78, 5) is 0.348. The first-order valence-corrected chi connectivity index (χ1v) is 8.62. The van der Waals surface area contributed by atoms with E-state index in [4.69, 9.17) is 5.73 Å². The first-order chi connectivity index (χ1) is 9.96. The number of nitrogens with two attached hydrogens (primary N) is 1. The standard InChI is InChI=1S/C17H21NO2S/c1-3-16(17(18)14-9-5-4-6-10-14)21(19,20)15-11-7-8-13(2)12-15/h4-12,16-17H,3,18H2,1-2H3. The van der Waals surface area contributed by atoms with Gasteiger partial charge >= 0.3 is 0 Å². The lowest BCUT2D eigenvalue weighted by Gasteiger charge is -2.23. The average molecular weight is 303 g/mol. The van der Waals surface area contributed by atoms with Gasteiger partial charge in [0.05, 0.1) is 10.1 Å². The molecule has 0 fully saturated rings. The Bertz CT molecular complexity index is 696. The summed E-state index contributed by atoms with van der Waals surface area (Å²) in [5.74, 6) is 0. The van der Waals surface area contributed by atoms with E-state index in [0.29, 0.717) is 11.3 Å². The highest BCUT2D eigenvalue weighted by Crippen LogP contribution is 2.28. The largest absolute Gasteiger partial charge is 0.323 e. The summed E-state index contributed by atoms with van der Waals surface area (Å²) in [5.41, 5.74) is 8.01. The lowest BCUT2D eigenvalue weighted by Crippen LogP contribution is -2.33. The van der Waals surface area contributed by atoms with Crippen molar-refractivity contribution < 1.29 is 8.42 Å². The van der Waals surface area contributed by atoms with Gasteiger partial charge in [0.15, 0.2) is 9.84 Å². The minimum Gasteiger partial charge on any atom is -0.323 e. The van der Waals surface area contributed by atoms with Gasteiger partial charge in [-0.3, -0.25) is 0 Å². The van der Waals surface area contributed by atoms with Crippen molar-refractivity contribution in [3.8, 4) is 0 Å². The van der Waals surface area contributed by atoms with E-state index < -0.39 is 21.1 Å². The van der Waals surface area contributed by atoms with Crippen molar-refractivity contribution in [2.75, 3.05) is 0 Å². The predicted octanol–water partition coefficient (Wildman–Crippen LogP) is 3.25. The molecule has 2 unspecified atom stereocenters. The number of rotatable bonds is 5. The molecule has 0 aliphatic heterocycles. The Labute approximate surface area is 126 Å². The molecule has 0 saturated carbocycles. The lowest BCUT2D eigenvalue weighted by atomic mass is 10.0.